The molecule has 7 N–H and O–H groups in total. The first-order chi connectivity index (χ1) is 20.7. The Kier molecular flexibility index (Phi) is 12.1. The maximum atomic E-state index is 13.5. The van der Waals surface area contributed by atoms with Gasteiger partial charge in [0.1, 0.15) is 0 Å². The zero-order valence-electron chi connectivity index (χ0n) is 25.6. The number of alkyl halides is 3. The van der Waals surface area contributed by atoms with E-state index in [4.69, 9.17) is 21.9 Å². The molecule has 3 rings (SSSR count). The van der Waals surface area contributed by atoms with Gasteiger partial charge >= 0.3 is 13.1 Å². The standard InChI is InChI=1S/C31H43BF3N5O4/c1-30(2)23-10-6-20(18-24(23)32(3)44-30)7-12-27(41)26(19-21-4-8-22(9-5-21)31(33,34)35)39-29(43)25(38)11-13-28(42)40(16-14-36)17-15-37/h4-6,8-10,18,25-26H,7,11-17,19,36-38H2,1-3H3,(H,39,43)/t25-,26+/m0/s1. The van der Waals surface area contributed by atoms with Crippen molar-refractivity contribution in [1.82, 2.24) is 10.2 Å². The largest absolute Gasteiger partial charge is 0.422 e. The summed E-state index contributed by atoms with van der Waals surface area (Å²) in [4.78, 5) is 40.6. The van der Waals surface area contributed by atoms with Gasteiger partial charge in [-0.1, -0.05) is 37.2 Å². The molecular weight excluding hydrogens is 574 g/mol. The van der Waals surface area contributed by atoms with E-state index in [2.05, 4.69) is 5.32 Å². The minimum atomic E-state index is -4.50. The molecule has 13 heteroatoms. The lowest BCUT2D eigenvalue weighted by Crippen LogP contribution is -2.49. The van der Waals surface area contributed by atoms with E-state index in [1.807, 2.05) is 38.9 Å². The predicted octanol–water partition coefficient (Wildman–Crippen LogP) is 1.88. The lowest BCUT2D eigenvalue weighted by molar-refractivity contribution is -0.137. The fourth-order valence-corrected chi connectivity index (χ4v) is 5.49. The SMILES string of the molecule is CB1OC(C)(C)c2ccc(CCC(=O)[C@@H](Cc3ccc(C(F)(F)F)cc3)NC(=O)[C@@H](N)CCC(=O)N(CCN)CCN)cc21. The number of hydrogen-bond donors (Lipinski definition) is 4. The number of carbonyl (C=O) groups excluding carboxylic acids is 3. The first-order valence-electron chi connectivity index (χ1n) is 14.9. The minimum absolute atomic E-state index is 0.0105. The summed E-state index contributed by atoms with van der Waals surface area (Å²) in [5.74, 6) is -1.15. The second-order valence-electron chi connectivity index (χ2n) is 11.7. The molecule has 1 aliphatic rings. The van der Waals surface area contributed by atoms with Crippen LogP contribution in [0, 0.1) is 0 Å². The third-order valence-corrected chi connectivity index (χ3v) is 7.92. The highest BCUT2D eigenvalue weighted by Crippen LogP contribution is 2.31. The van der Waals surface area contributed by atoms with Crippen LogP contribution in [0.4, 0.5) is 13.2 Å². The lowest BCUT2D eigenvalue weighted by Gasteiger charge is -2.23. The Labute approximate surface area is 257 Å². The zero-order chi connectivity index (χ0) is 32.7. The average Bonchev–Trinajstić information content (AvgIpc) is 3.20. The number of fused-ring (bicyclic) bond motifs is 1. The van der Waals surface area contributed by atoms with Crippen LogP contribution in [0.15, 0.2) is 42.5 Å². The summed E-state index contributed by atoms with van der Waals surface area (Å²) in [6.45, 7) is 7.08. The van der Waals surface area contributed by atoms with Gasteiger partial charge in [0.05, 0.1) is 23.2 Å². The maximum absolute atomic E-state index is 13.5. The van der Waals surface area contributed by atoms with Crippen molar-refractivity contribution in [2.45, 2.75) is 76.6 Å². The van der Waals surface area contributed by atoms with Crippen molar-refractivity contribution in [2.75, 3.05) is 26.2 Å². The number of ketones is 1. The van der Waals surface area contributed by atoms with Crippen LogP contribution in [0.5, 0.6) is 0 Å². The highest BCUT2D eigenvalue weighted by molar-refractivity contribution is 6.67. The molecule has 0 spiro atoms. The number of nitrogens with one attached hydrogen (secondary N) is 1. The number of nitrogens with zero attached hydrogens (tertiary/aromatic N) is 1. The molecule has 2 aromatic rings. The minimum Gasteiger partial charge on any atom is -0.422 e. The van der Waals surface area contributed by atoms with E-state index in [1.54, 1.807) is 0 Å². The molecule has 1 heterocycles. The number of nitrogens with two attached hydrogens (primary N) is 3. The molecule has 0 fully saturated rings. The van der Waals surface area contributed by atoms with Gasteiger partial charge in [-0.05, 0) is 67.4 Å². The van der Waals surface area contributed by atoms with Crippen LogP contribution < -0.4 is 28.0 Å². The second-order valence-corrected chi connectivity index (χ2v) is 11.7. The molecule has 0 bridgehead atoms. The van der Waals surface area contributed by atoms with Crippen LogP contribution in [-0.2, 0) is 43.7 Å². The van der Waals surface area contributed by atoms with E-state index in [0.29, 0.717) is 25.1 Å². The van der Waals surface area contributed by atoms with Gasteiger partial charge in [-0.3, -0.25) is 14.4 Å². The number of benzene rings is 2. The molecule has 0 aliphatic carbocycles. The summed E-state index contributed by atoms with van der Waals surface area (Å²) in [6.07, 6.45) is -4.00. The monoisotopic (exact) mass is 617 g/mol. The molecule has 0 saturated heterocycles. The smallest absolute Gasteiger partial charge is 0.416 e. The molecular formula is C31H43BF3N5O4. The van der Waals surface area contributed by atoms with E-state index in [-0.39, 0.29) is 57.4 Å². The Morgan fingerprint density at radius 3 is 2.20 bits per heavy atom. The van der Waals surface area contributed by atoms with E-state index in [1.165, 1.54) is 17.0 Å². The summed E-state index contributed by atoms with van der Waals surface area (Å²) in [7, 11) is 0. The van der Waals surface area contributed by atoms with E-state index in [0.717, 1.165) is 28.7 Å². The number of amides is 2. The molecule has 2 atom stereocenters. The first kappa shape index (κ1) is 35.2. The van der Waals surface area contributed by atoms with Crippen LogP contribution in [0.25, 0.3) is 0 Å². The van der Waals surface area contributed by atoms with Gasteiger partial charge in [0.2, 0.25) is 11.8 Å². The third-order valence-electron chi connectivity index (χ3n) is 7.92. The third kappa shape index (κ3) is 9.37. The predicted molar refractivity (Wildman–Crippen MR) is 164 cm³/mol. The van der Waals surface area contributed by atoms with Crippen LogP contribution in [0.2, 0.25) is 6.82 Å². The molecule has 1 aliphatic heterocycles. The van der Waals surface area contributed by atoms with Crippen LogP contribution in [-0.4, -0.2) is 67.7 Å². The van der Waals surface area contributed by atoms with Crippen molar-refractivity contribution < 1.29 is 32.2 Å². The normalized spacial score (nSPS) is 15.4. The van der Waals surface area contributed by atoms with Gasteiger partial charge in [0.25, 0.3) is 0 Å². The Morgan fingerprint density at radius 2 is 1.61 bits per heavy atom. The lowest BCUT2D eigenvalue weighted by atomic mass is 9.63. The molecule has 0 unspecified atom stereocenters. The van der Waals surface area contributed by atoms with Crippen LogP contribution in [0.3, 0.4) is 0 Å². The summed E-state index contributed by atoms with van der Waals surface area (Å²) in [5.41, 5.74) is 19.5. The summed E-state index contributed by atoms with van der Waals surface area (Å²) in [5, 5.41) is 2.69. The molecule has 2 amide bonds. The van der Waals surface area contributed by atoms with Crippen molar-refractivity contribution in [2.24, 2.45) is 17.2 Å². The quantitative estimate of drug-likeness (QED) is 0.223. The van der Waals surface area contributed by atoms with Gasteiger partial charge in [0.15, 0.2) is 5.78 Å². The summed E-state index contributed by atoms with van der Waals surface area (Å²) >= 11 is 0. The number of halogens is 3. The van der Waals surface area contributed by atoms with E-state index < -0.39 is 35.3 Å². The van der Waals surface area contributed by atoms with Gasteiger partial charge in [-0.15, -0.1) is 0 Å². The van der Waals surface area contributed by atoms with Gasteiger partial charge in [-0.2, -0.15) is 13.2 Å². The zero-order valence-corrected chi connectivity index (χ0v) is 25.6. The van der Waals surface area contributed by atoms with Crippen molar-refractivity contribution in [3.05, 3.63) is 64.7 Å². The van der Waals surface area contributed by atoms with Crippen LogP contribution in [0.1, 0.15) is 55.4 Å². The highest BCUT2D eigenvalue weighted by Gasteiger charge is 2.37. The number of aryl methyl sites for hydroxylation is 1. The number of rotatable bonds is 15. The molecule has 9 nitrogen and oxygen atoms in total. The van der Waals surface area contributed by atoms with Gasteiger partial charge < -0.3 is 32.1 Å². The molecule has 44 heavy (non-hydrogen) atoms. The molecule has 240 valence electrons. The fourth-order valence-electron chi connectivity index (χ4n) is 5.49. The highest BCUT2D eigenvalue weighted by atomic mass is 19.4. The Balaban J connectivity index is 1.71. The van der Waals surface area contributed by atoms with E-state index >= 15 is 0 Å². The summed E-state index contributed by atoms with van der Waals surface area (Å²) < 4.78 is 45.3. The Morgan fingerprint density at radius 1 is 1.00 bits per heavy atom. The second kappa shape index (κ2) is 15.2. The summed E-state index contributed by atoms with van der Waals surface area (Å²) in [6, 6.07) is 8.34. The van der Waals surface area contributed by atoms with Gasteiger partial charge in [0, 0.05) is 39.0 Å². The topological polar surface area (TPSA) is 154 Å². The molecule has 0 radical (unpaired) electrons. The van der Waals surface area contributed by atoms with E-state index in [9.17, 15) is 27.6 Å². The van der Waals surface area contributed by atoms with Gasteiger partial charge in [-0.25, -0.2) is 0 Å². The van der Waals surface area contributed by atoms with Crippen molar-refractivity contribution in [1.29, 1.82) is 0 Å². The van der Waals surface area contributed by atoms with Crippen LogP contribution >= 0.6 is 0 Å². The van der Waals surface area contributed by atoms with Crippen molar-refractivity contribution in [3.63, 3.8) is 0 Å². The molecule has 0 aromatic heterocycles. The maximum Gasteiger partial charge on any atom is 0.416 e. The number of hydrogen-bond acceptors (Lipinski definition) is 7. The fraction of sp³-hybridized carbons (Fsp3) is 0.516. The van der Waals surface area contributed by atoms with Crippen molar-refractivity contribution in [3.8, 4) is 0 Å². The number of Topliss-reactive ketones (excluding diaryl/α,β-unsaturated/α-hetero) is 1. The molecule has 0 saturated carbocycles. The Hall–Kier alpha value is -3.26. The van der Waals surface area contributed by atoms with Crippen molar-refractivity contribution >= 4 is 30.0 Å². The molecule has 2 aromatic carbocycles. The average molecular weight is 618 g/mol. The first-order valence-corrected chi connectivity index (χ1v) is 14.9. The number of carbonyl (C=O) groups is 3. The Bertz CT molecular complexity index is 1300.